The largest absolute Gasteiger partial charge is 0.494 e. The summed E-state index contributed by atoms with van der Waals surface area (Å²) in [5.41, 5.74) is 0.341. The van der Waals surface area contributed by atoms with Crippen LogP contribution < -0.4 is 10.1 Å². The van der Waals surface area contributed by atoms with Crippen molar-refractivity contribution in [2.75, 3.05) is 19.0 Å². The van der Waals surface area contributed by atoms with Gasteiger partial charge in [0.1, 0.15) is 11.6 Å². The lowest BCUT2D eigenvalue weighted by molar-refractivity contribution is -0.131. The summed E-state index contributed by atoms with van der Waals surface area (Å²) in [6.45, 7) is -0.272. The zero-order valence-electron chi connectivity index (χ0n) is 8.57. The molecule has 0 aliphatic rings. The van der Waals surface area contributed by atoms with E-state index in [0.29, 0.717) is 5.69 Å². The number of ether oxygens (including phenoxy) is 1. The quantitative estimate of drug-likeness (QED) is 0.812. The summed E-state index contributed by atoms with van der Waals surface area (Å²) in [6, 6.07) is 3.60. The van der Waals surface area contributed by atoms with E-state index in [-0.39, 0.29) is 12.3 Å². The summed E-state index contributed by atoms with van der Waals surface area (Å²) < 4.78 is 53.2. The van der Waals surface area contributed by atoms with Crippen LogP contribution in [0.3, 0.4) is 0 Å². The Morgan fingerprint density at radius 2 is 2.00 bits per heavy atom. The van der Waals surface area contributed by atoms with Gasteiger partial charge in [0, 0.05) is 12.6 Å². The van der Waals surface area contributed by atoms with Crippen LogP contribution in [0.1, 0.15) is 6.42 Å². The van der Waals surface area contributed by atoms with E-state index in [9.17, 15) is 17.6 Å². The molecule has 0 unspecified atom stereocenters. The van der Waals surface area contributed by atoms with Crippen molar-refractivity contribution in [3.05, 3.63) is 24.0 Å². The van der Waals surface area contributed by atoms with Crippen LogP contribution in [0.25, 0.3) is 0 Å². The van der Waals surface area contributed by atoms with E-state index < -0.39 is 18.4 Å². The minimum Gasteiger partial charge on any atom is -0.494 e. The van der Waals surface area contributed by atoms with Crippen molar-refractivity contribution in [2.45, 2.75) is 12.6 Å². The summed E-state index contributed by atoms with van der Waals surface area (Å²) in [5, 5.41) is 2.54. The highest BCUT2D eigenvalue weighted by Gasteiger charge is 2.26. The van der Waals surface area contributed by atoms with Crippen LogP contribution in [0.5, 0.6) is 5.75 Å². The molecule has 16 heavy (non-hydrogen) atoms. The Labute approximate surface area is 90.2 Å². The summed E-state index contributed by atoms with van der Waals surface area (Å²) >= 11 is 0. The Bertz CT molecular complexity index is 351. The summed E-state index contributed by atoms with van der Waals surface area (Å²) in [6.07, 6.45) is -5.16. The van der Waals surface area contributed by atoms with E-state index in [1.807, 2.05) is 0 Å². The van der Waals surface area contributed by atoms with E-state index in [0.717, 1.165) is 12.1 Å². The minimum absolute atomic E-state index is 0.183. The topological polar surface area (TPSA) is 21.3 Å². The molecule has 0 amide bonds. The molecule has 0 heterocycles. The number of alkyl halides is 3. The van der Waals surface area contributed by atoms with E-state index in [1.54, 1.807) is 0 Å². The lowest BCUT2D eigenvalue weighted by atomic mass is 10.2. The molecule has 0 bridgehead atoms. The van der Waals surface area contributed by atoms with E-state index in [2.05, 4.69) is 5.32 Å². The number of hydrogen-bond donors (Lipinski definition) is 1. The second kappa shape index (κ2) is 5.05. The molecule has 0 aromatic heterocycles. The molecule has 0 radical (unpaired) electrons. The van der Waals surface area contributed by atoms with Crippen molar-refractivity contribution in [1.82, 2.24) is 0 Å². The highest BCUT2D eigenvalue weighted by atomic mass is 19.4. The van der Waals surface area contributed by atoms with Crippen LogP contribution in [0.4, 0.5) is 23.2 Å². The first-order valence-electron chi connectivity index (χ1n) is 4.56. The minimum atomic E-state index is -4.21. The molecule has 0 saturated heterocycles. The molecule has 0 fully saturated rings. The fourth-order valence-corrected chi connectivity index (χ4v) is 1.15. The van der Waals surface area contributed by atoms with Gasteiger partial charge in [-0.05, 0) is 12.1 Å². The van der Waals surface area contributed by atoms with Crippen molar-refractivity contribution in [3.8, 4) is 5.75 Å². The molecule has 1 aromatic rings. The fourth-order valence-electron chi connectivity index (χ4n) is 1.15. The smallest absolute Gasteiger partial charge is 0.390 e. The van der Waals surface area contributed by atoms with Crippen LogP contribution in [0.2, 0.25) is 0 Å². The van der Waals surface area contributed by atoms with Crippen LogP contribution in [-0.4, -0.2) is 19.8 Å². The molecule has 6 heteroatoms. The summed E-state index contributed by atoms with van der Waals surface area (Å²) in [5.74, 6) is -0.319. The highest BCUT2D eigenvalue weighted by Crippen LogP contribution is 2.26. The SMILES string of the molecule is COc1cc(F)ccc1NCCC(F)(F)F. The number of rotatable bonds is 4. The third kappa shape index (κ3) is 3.96. The van der Waals surface area contributed by atoms with Gasteiger partial charge >= 0.3 is 6.18 Å². The predicted octanol–water partition coefficient (Wildman–Crippen LogP) is 3.20. The lowest BCUT2D eigenvalue weighted by Crippen LogP contribution is -2.14. The van der Waals surface area contributed by atoms with Gasteiger partial charge in [0.2, 0.25) is 0 Å². The standard InChI is InChI=1S/C10H11F4NO/c1-16-9-6-7(11)2-3-8(9)15-5-4-10(12,13)14/h2-3,6,15H,4-5H2,1H3. The van der Waals surface area contributed by atoms with Crippen LogP contribution in [-0.2, 0) is 0 Å². The highest BCUT2D eigenvalue weighted by molar-refractivity contribution is 5.56. The van der Waals surface area contributed by atoms with E-state index >= 15 is 0 Å². The van der Waals surface area contributed by atoms with Gasteiger partial charge in [-0.3, -0.25) is 0 Å². The molecular weight excluding hydrogens is 226 g/mol. The van der Waals surface area contributed by atoms with Crippen molar-refractivity contribution in [2.24, 2.45) is 0 Å². The van der Waals surface area contributed by atoms with Gasteiger partial charge in [-0.15, -0.1) is 0 Å². The van der Waals surface area contributed by atoms with Crippen LogP contribution >= 0.6 is 0 Å². The van der Waals surface area contributed by atoms with Gasteiger partial charge in [-0.2, -0.15) is 13.2 Å². The van der Waals surface area contributed by atoms with Crippen molar-refractivity contribution in [3.63, 3.8) is 0 Å². The molecule has 0 saturated carbocycles. The molecule has 2 nitrogen and oxygen atoms in total. The zero-order valence-corrected chi connectivity index (χ0v) is 8.57. The number of hydrogen-bond acceptors (Lipinski definition) is 2. The molecular formula is C10H11F4NO. The maximum Gasteiger partial charge on any atom is 0.390 e. The van der Waals surface area contributed by atoms with E-state index in [4.69, 9.17) is 4.74 Å². The molecule has 0 atom stereocenters. The van der Waals surface area contributed by atoms with Crippen molar-refractivity contribution < 1.29 is 22.3 Å². The maximum absolute atomic E-state index is 12.8. The molecule has 0 aliphatic carbocycles. The lowest BCUT2D eigenvalue weighted by Gasteiger charge is -2.12. The fraction of sp³-hybridized carbons (Fsp3) is 0.400. The Morgan fingerprint density at radius 3 is 2.56 bits per heavy atom. The molecule has 90 valence electrons. The molecule has 0 spiro atoms. The average Bonchev–Trinajstić information content (AvgIpc) is 2.18. The first-order valence-corrected chi connectivity index (χ1v) is 4.56. The van der Waals surface area contributed by atoms with Crippen molar-refractivity contribution >= 4 is 5.69 Å². The number of methoxy groups -OCH3 is 1. The Kier molecular flexibility index (Phi) is 3.98. The number of nitrogens with one attached hydrogen (secondary N) is 1. The monoisotopic (exact) mass is 237 g/mol. The van der Waals surface area contributed by atoms with Crippen LogP contribution in [0.15, 0.2) is 18.2 Å². The predicted molar refractivity (Wildman–Crippen MR) is 52.1 cm³/mol. The van der Waals surface area contributed by atoms with Gasteiger partial charge < -0.3 is 10.1 Å². The average molecular weight is 237 g/mol. The van der Waals surface area contributed by atoms with Crippen LogP contribution in [0, 0.1) is 5.82 Å². The number of benzene rings is 1. The summed E-state index contributed by atoms with van der Waals surface area (Å²) in [4.78, 5) is 0. The number of anilines is 1. The normalized spacial score (nSPS) is 11.3. The maximum atomic E-state index is 12.8. The van der Waals surface area contributed by atoms with Gasteiger partial charge in [0.05, 0.1) is 19.2 Å². The molecule has 1 rings (SSSR count). The third-order valence-electron chi connectivity index (χ3n) is 1.89. The Hall–Kier alpha value is -1.46. The Morgan fingerprint density at radius 1 is 1.31 bits per heavy atom. The van der Waals surface area contributed by atoms with Crippen molar-refractivity contribution in [1.29, 1.82) is 0 Å². The first-order chi connectivity index (χ1) is 7.42. The zero-order chi connectivity index (χ0) is 12.2. The summed E-state index contributed by atoms with van der Waals surface area (Å²) in [7, 11) is 1.32. The van der Waals surface area contributed by atoms with Gasteiger partial charge in [-0.25, -0.2) is 4.39 Å². The van der Waals surface area contributed by atoms with Gasteiger partial charge in [-0.1, -0.05) is 0 Å². The molecule has 0 aliphatic heterocycles. The van der Waals surface area contributed by atoms with Gasteiger partial charge in [0.25, 0.3) is 0 Å². The first kappa shape index (κ1) is 12.6. The molecule has 1 aromatic carbocycles. The van der Waals surface area contributed by atoms with Gasteiger partial charge in [0.15, 0.2) is 0 Å². The van der Waals surface area contributed by atoms with E-state index in [1.165, 1.54) is 13.2 Å². The molecule has 1 N–H and O–H groups in total. The third-order valence-corrected chi connectivity index (χ3v) is 1.89. The second-order valence-electron chi connectivity index (χ2n) is 3.14. The number of halogens is 4. The Balaban J connectivity index is 2.60. The second-order valence-corrected chi connectivity index (χ2v) is 3.14.